The highest BCUT2D eigenvalue weighted by Crippen LogP contribution is 2.20. The zero-order valence-corrected chi connectivity index (χ0v) is 24.8. The van der Waals surface area contributed by atoms with Crippen LogP contribution in [0.2, 0.25) is 0 Å². The second-order valence-electron chi connectivity index (χ2n) is 11.1. The fourth-order valence-corrected chi connectivity index (χ4v) is 5.64. The normalized spacial score (nSPS) is 13.6. The number of hydrogen-bond donors (Lipinski definition) is 1. The Bertz CT molecular complexity index is 1850. The van der Waals surface area contributed by atoms with Crippen LogP contribution in [0, 0.1) is 0 Å². The number of hydrogen-bond acceptors (Lipinski definition) is 5. The van der Waals surface area contributed by atoms with Gasteiger partial charge in [-0.3, -0.25) is 14.4 Å². The van der Waals surface area contributed by atoms with E-state index in [1.807, 2.05) is 102 Å². The number of amides is 1. The molecule has 2 aromatic heterocycles. The fraction of sp³-hybridized carbons (Fsp3) is 0.162. The van der Waals surface area contributed by atoms with Gasteiger partial charge in [-0.05, 0) is 65.6 Å². The molecule has 0 saturated carbocycles. The van der Waals surface area contributed by atoms with Gasteiger partial charge in [-0.15, -0.1) is 0 Å². The summed E-state index contributed by atoms with van der Waals surface area (Å²) in [5.41, 5.74) is 4.40. The number of pyridine rings is 1. The molecule has 1 saturated heterocycles. The molecule has 0 unspecified atom stereocenters. The maximum atomic E-state index is 13.5. The van der Waals surface area contributed by atoms with E-state index in [2.05, 4.69) is 17.0 Å². The first-order valence-corrected chi connectivity index (χ1v) is 15.0. The molecule has 5 aromatic rings. The first kappa shape index (κ1) is 29.4. The standard InChI is InChI=1S/C37H34N4O4/c42-34(33-24-30(23-28-9-3-1-4-10-28)27-41(36(33)44)26-29-11-5-2-6-12-29)25-35(43)37(45)40-21-19-39(20-22-40)32-15-13-31(14-16-32)38-17-7-8-18-38/h1-18,24-25,27,42H,19-23,26H2/b34-25-. The van der Waals surface area contributed by atoms with Crippen molar-refractivity contribution in [3.63, 3.8) is 0 Å². The summed E-state index contributed by atoms with van der Waals surface area (Å²) in [5, 5.41) is 11.0. The minimum Gasteiger partial charge on any atom is -0.507 e. The molecule has 1 amide bonds. The van der Waals surface area contributed by atoms with Crippen LogP contribution in [-0.4, -0.2) is 57.0 Å². The summed E-state index contributed by atoms with van der Waals surface area (Å²) in [4.78, 5) is 43.3. The zero-order valence-electron chi connectivity index (χ0n) is 24.8. The molecular formula is C37H34N4O4. The Balaban J connectivity index is 1.16. The third-order valence-electron chi connectivity index (χ3n) is 8.03. The molecule has 0 radical (unpaired) electrons. The van der Waals surface area contributed by atoms with E-state index in [-0.39, 0.29) is 5.56 Å². The average Bonchev–Trinajstić information content (AvgIpc) is 3.62. The van der Waals surface area contributed by atoms with Crippen molar-refractivity contribution in [2.75, 3.05) is 31.1 Å². The van der Waals surface area contributed by atoms with Crippen LogP contribution in [0.4, 0.5) is 5.69 Å². The third-order valence-corrected chi connectivity index (χ3v) is 8.03. The first-order chi connectivity index (χ1) is 21.9. The van der Waals surface area contributed by atoms with Crippen LogP contribution in [-0.2, 0) is 22.6 Å². The quantitative estimate of drug-likeness (QED) is 0.145. The van der Waals surface area contributed by atoms with Gasteiger partial charge in [-0.1, -0.05) is 60.7 Å². The van der Waals surface area contributed by atoms with Crippen molar-refractivity contribution >= 4 is 23.1 Å². The van der Waals surface area contributed by atoms with Crippen molar-refractivity contribution in [1.29, 1.82) is 0 Å². The van der Waals surface area contributed by atoms with Crippen LogP contribution < -0.4 is 10.5 Å². The first-order valence-electron chi connectivity index (χ1n) is 15.0. The number of carbonyl (C=O) groups is 2. The maximum Gasteiger partial charge on any atom is 0.294 e. The lowest BCUT2D eigenvalue weighted by molar-refractivity contribution is -0.142. The summed E-state index contributed by atoms with van der Waals surface area (Å²) < 4.78 is 3.57. The molecule has 0 atom stereocenters. The summed E-state index contributed by atoms with van der Waals surface area (Å²) in [7, 11) is 0. The lowest BCUT2D eigenvalue weighted by Crippen LogP contribution is -2.50. The lowest BCUT2D eigenvalue weighted by atomic mass is 10.0. The van der Waals surface area contributed by atoms with Gasteiger partial charge in [0.25, 0.3) is 11.5 Å². The molecule has 0 aliphatic carbocycles. The summed E-state index contributed by atoms with van der Waals surface area (Å²) in [6.45, 7) is 2.19. The molecule has 45 heavy (non-hydrogen) atoms. The number of ketones is 1. The molecule has 0 bridgehead atoms. The van der Waals surface area contributed by atoms with E-state index in [1.54, 1.807) is 12.3 Å². The minimum absolute atomic E-state index is 0.0197. The van der Waals surface area contributed by atoms with Crippen molar-refractivity contribution in [2.45, 2.75) is 13.0 Å². The molecule has 8 heteroatoms. The van der Waals surface area contributed by atoms with Crippen LogP contribution >= 0.6 is 0 Å². The maximum absolute atomic E-state index is 13.5. The average molecular weight is 599 g/mol. The van der Waals surface area contributed by atoms with Crippen LogP contribution in [0.15, 0.2) is 133 Å². The Morgan fingerprint density at radius 2 is 1.31 bits per heavy atom. The third kappa shape index (κ3) is 6.96. The molecule has 8 nitrogen and oxygen atoms in total. The van der Waals surface area contributed by atoms with Crippen molar-refractivity contribution in [1.82, 2.24) is 14.0 Å². The van der Waals surface area contributed by atoms with E-state index < -0.39 is 23.0 Å². The molecule has 3 heterocycles. The van der Waals surface area contributed by atoms with E-state index in [1.165, 1.54) is 9.47 Å². The van der Waals surface area contributed by atoms with Crippen molar-refractivity contribution in [2.24, 2.45) is 0 Å². The highest BCUT2D eigenvalue weighted by atomic mass is 16.3. The summed E-state index contributed by atoms with van der Waals surface area (Å²) in [5.74, 6) is -2.08. The van der Waals surface area contributed by atoms with Gasteiger partial charge in [0.1, 0.15) is 5.76 Å². The molecule has 1 aliphatic heterocycles. The van der Waals surface area contributed by atoms with Crippen LogP contribution in [0.1, 0.15) is 22.3 Å². The summed E-state index contributed by atoms with van der Waals surface area (Å²) in [6, 6.07) is 33.1. The van der Waals surface area contributed by atoms with Gasteiger partial charge >= 0.3 is 0 Å². The Morgan fingerprint density at radius 1 is 0.711 bits per heavy atom. The summed E-state index contributed by atoms with van der Waals surface area (Å²) >= 11 is 0. The highest BCUT2D eigenvalue weighted by Gasteiger charge is 2.26. The molecule has 226 valence electrons. The Kier molecular flexibility index (Phi) is 8.73. The zero-order chi connectivity index (χ0) is 31.2. The van der Waals surface area contributed by atoms with Crippen molar-refractivity contribution < 1.29 is 14.7 Å². The van der Waals surface area contributed by atoms with Crippen molar-refractivity contribution in [3.8, 4) is 5.69 Å². The van der Waals surface area contributed by atoms with Gasteiger partial charge in [0, 0.05) is 62.2 Å². The fourth-order valence-electron chi connectivity index (χ4n) is 5.64. The van der Waals surface area contributed by atoms with Gasteiger partial charge in [-0.25, -0.2) is 0 Å². The number of carbonyl (C=O) groups excluding carboxylic acids is 2. The predicted octanol–water partition coefficient (Wildman–Crippen LogP) is 5.09. The smallest absolute Gasteiger partial charge is 0.294 e. The Morgan fingerprint density at radius 3 is 1.96 bits per heavy atom. The molecule has 1 fully saturated rings. The molecule has 1 aliphatic rings. The summed E-state index contributed by atoms with van der Waals surface area (Å²) in [6.07, 6.45) is 7.17. The monoisotopic (exact) mass is 598 g/mol. The lowest BCUT2D eigenvalue weighted by Gasteiger charge is -2.35. The molecule has 3 aromatic carbocycles. The second kappa shape index (κ2) is 13.3. The topological polar surface area (TPSA) is 87.8 Å². The Labute approximate surface area is 261 Å². The molecule has 6 rings (SSSR count). The Hall–Kier alpha value is -5.63. The number of benzene rings is 3. The van der Waals surface area contributed by atoms with E-state index in [0.717, 1.165) is 34.1 Å². The van der Waals surface area contributed by atoms with Gasteiger partial charge in [0.15, 0.2) is 0 Å². The number of aromatic nitrogens is 2. The van der Waals surface area contributed by atoms with E-state index in [0.29, 0.717) is 39.1 Å². The SMILES string of the molecule is O=C(/C=C(\O)c1cc(Cc2ccccc2)cn(Cc2ccccc2)c1=O)C(=O)N1CCN(c2ccc(-n3cccc3)cc2)CC1. The van der Waals surface area contributed by atoms with E-state index in [4.69, 9.17) is 0 Å². The number of aliphatic hydroxyl groups excluding tert-OH is 1. The predicted molar refractivity (Wildman–Crippen MR) is 176 cm³/mol. The van der Waals surface area contributed by atoms with Gasteiger partial charge < -0.3 is 24.0 Å². The molecular weight excluding hydrogens is 564 g/mol. The second-order valence-corrected chi connectivity index (χ2v) is 11.1. The number of aliphatic hydroxyl groups is 1. The molecule has 0 spiro atoms. The van der Waals surface area contributed by atoms with Crippen LogP contribution in [0.3, 0.4) is 0 Å². The highest BCUT2D eigenvalue weighted by molar-refractivity contribution is 6.41. The van der Waals surface area contributed by atoms with Gasteiger partial charge in [0.05, 0.1) is 12.1 Å². The number of nitrogens with zero attached hydrogens (tertiary/aromatic N) is 4. The van der Waals surface area contributed by atoms with Crippen LogP contribution in [0.25, 0.3) is 11.4 Å². The van der Waals surface area contributed by atoms with Gasteiger partial charge in [-0.2, -0.15) is 0 Å². The largest absolute Gasteiger partial charge is 0.507 e. The van der Waals surface area contributed by atoms with E-state index in [9.17, 15) is 19.5 Å². The number of anilines is 1. The van der Waals surface area contributed by atoms with E-state index >= 15 is 0 Å². The number of piperazine rings is 1. The van der Waals surface area contributed by atoms with Crippen molar-refractivity contribution in [3.05, 3.63) is 160 Å². The number of rotatable bonds is 9. The van der Waals surface area contributed by atoms with Gasteiger partial charge in [0.2, 0.25) is 5.78 Å². The minimum atomic E-state index is -0.862. The van der Waals surface area contributed by atoms with Crippen LogP contribution in [0.5, 0.6) is 0 Å². The molecule has 1 N–H and O–H groups in total.